The molecule has 0 aromatic rings. The summed E-state index contributed by atoms with van der Waals surface area (Å²) in [5.41, 5.74) is 0.133. The minimum Gasteiger partial charge on any atom is -0.382 e. The quantitative estimate of drug-likeness (QED) is 0.251. The van der Waals surface area contributed by atoms with Gasteiger partial charge in [-0.15, -0.1) is 24.0 Å². The van der Waals surface area contributed by atoms with Gasteiger partial charge in [0.25, 0.3) is 0 Å². The summed E-state index contributed by atoms with van der Waals surface area (Å²) in [4.78, 5) is 7.37. The van der Waals surface area contributed by atoms with Crippen LogP contribution in [0, 0.1) is 0 Å². The van der Waals surface area contributed by atoms with Crippen LogP contribution in [-0.2, 0) is 4.74 Å². The molecular formula is C17H37IN4O. The second kappa shape index (κ2) is 13.2. The zero-order chi connectivity index (χ0) is 16.3. The molecule has 0 spiro atoms. The van der Waals surface area contributed by atoms with E-state index >= 15 is 0 Å². The second-order valence-electron chi connectivity index (χ2n) is 6.53. The van der Waals surface area contributed by atoms with E-state index in [4.69, 9.17) is 9.73 Å². The van der Waals surface area contributed by atoms with E-state index in [1.807, 2.05) is 6.92 Å². The standard InChI is InChI=1S/C17H36N4O.HI/c1-5-18-16(19-11-10-14-22-6-2)20-15-17(3,4)21-12-8-7-9-13-21;/h5-15H2,1-4H3,(H2,18,19,20);1H. The van der Waals surface area contributed by atoms with Crippen molar-refractivity contribution in [1.82, 2.24) is 15.5 Å². The summed E-state index contributed by atoms with van der Waals surface area (Å²) in [6, 6.07) is 0. The van der Waals surface area contributed by atoms with Crippen molar-refractivity contribution in [2.75, 3.05) is 45.9 Å². The molecule has 5 nitrogen and oxygen atoms in total. The molecule has 0 radical (unpaired) electrons. The lowest BCUT2D eigenvalue weighted by Gasteiger charge is -2.40. The molecule has 0 aromatic heterocycles. The molecule has 1 heterocycles. The number of aliphatic imine (C=N–C) groups is 1. The Hall–Kier alpha value is -0.0800. The van der Waals surface area contributed by atoms with Gasteiger partial charge in [-0.25, -0.2) is 0 Å². The summed E-state index contributed by atoms with van der Waals surface area (Å²) in [6.45, 7) is 15.4. The van der Waals surface area contributed by atoms with Crippen LogP contribution in [0.3, 0.4) is 0 Å². The fourth-order valence-electron chi connectivity index (χ4n) is 2.74. The number of rotatable bonds is 9. The normalized spacial score (nSPS) is 16.8. The van der Waals surface area contributed by atoms with Gasteiger partial charge in [-0.1, -0.05) is 6.42 Å². The Balaban J connectivity index is 0.00000484. The van der Waals surface area contributed by atoms with Crippen LogP contribution in [0.15, 0.2) is 4.99 Å². The molecule has 0 saturated carbocycles. The lowest BCUT2D eigenvalue weighted by atomic mass is 9.99. The molecule has 138 valence electrons. The monoisotopic (exact) mass is 440 g/mol. The zero-order valence-corrected chi connectivity index (χ0v) is 17.8. The van der Waals surface area contributed by atoms with Gasteiger partial charge in [0.15, 0.2) is 5.96 Å². The summed E-state index contributed by atoms with van der Waals surface area (Å²) in [5, 5.41) is 6.72. The number of guanidine groups is 1. The van der Waals surface area contributed by atoms with Crippen LogP contribution in [-0.4, -0.2) is 62.3 Å². The number of nitrogens with zero attached hydrogens (tertiary/aromatic N) is 2. The number of piperidine rings is 1. The molecule has 6 heteroatoms. The van der Waals surface area contributed by atoms with Crippen molar-refractivity contribution in [1.29, 1.82) is 0 Å². The molecule has 0 unspecified atom stereocenters. The van der Waals surface area contributed by atoms with E-state index in [1.165, 1.54) is 32.4 Å². The maximum absolute atomic E-state index is 5.36. The summed E-state index contributed by atoms with van der Waals surface area (Å²) in [6.07, 6.45) is 5.03. The van der Waals surface area contributed by atoms with Gasteiger partial charge < -0.3 is 15.4 Å². The average molecular weight is 440 g/mol. The fourth-order valence-corrected chi connectivity index (χ4v) is 2.74. The third kappa shape index (κ3) is 9.72. The van der Waals surface area contributed by atoms with Gasteiger partial charge in [0.1, 0.15) is 0 Å². The minimum atomic E-state index is 0. The van der Waals surface area contributed by atoms with Gasteiger partial charge in [0, 0.05) is 31.8 Å². The molecule has 0 bridgehead atoms. The number of ether oxygens (including phenoxy) is 1. The van der Waals surface area contributed by atoms with Crippen LogP contribution in [0.4, 0.5) is 0 Å². The Morgan fingerprint density at radius 1 is 1.13 bits per heavy atom. The number of likely N-dealkylation sites (tertiary alicyclic amines) is 1. The molecule has 1 aliphatic heterocycles. The first-order valence-electron chi connectivity index (χ1n) is 8.95. The Morgan fingerprint density at radius 2 is 1.83 bits per heavy atom. The molecule has 1 aliphatic rings. The number of hydrogen-bond donors (Lipinski definition) is 2. The first-order chi connectivity index (χ1) is 10.6. The van der Waals surface area contributed by atoms with Crippen LogP contribution < -0.4 is 10.6 Å². The predicted molar refractivity (Wildman–Crippen MR) is 110 cm³/mol. The first-order valence-corrected chi connectivity index (χ1v) is 8.95. The molecule has 23 heavy (non-hydrogen) atoms. The van der Waals surface area contributed by atoms with Crippen molar-refractivity contribution >= 4 is 29.9 Å². The smallest absolute Gasteiger partial charge is 0.191 e. The maximum atomic E-state index is 5.36. The second-order valence-corrected chi connectivity index (χ2v) is 6.53. The first kappa shape index (κ1) is 22.9. The molecule has 1 rings (SSSR count). The van der Waals surface area contributed by atoms with Crippen molar-refractivity contribution in [2.24, 2.45) is 4.99 Å². The van der Waals surface area contributed by atoms with Gasteiger partial charge >= 0.3 is 0 Å². The minimum absolute atomic E-state index is 0. The van der Waals surface area contributed by atoms with Crippen LogP contribution in [0.1, 0.15) is 53.4 Å². The topological polar surface area (TPSA) is 48.9 Å². The molecule has 1 saturated heterocycles. The van der Waals surface area contributed by atoms with E-state index in [-0.39, 0.29) is 29.5 Å². The number of halogens is 1. The van der Waals surface area contributed by atoms with Gasteiger partial charge in [0.05, 0.1) is 6.54 Å². The third-order valence-corrected chi connectivity index (χ3v) is 4.14. The number of hydrogen-bond acceptors (Lipinski definition) is 3. The molecule has 0 aliphatic carbocycles. The summed E-state index contributed by atoms with van der Waals surface area (Å²) in [7, 11) is 0. The van der Waals surface area contributed by atoms with E-state index in [2.05, 4.69) is 36.3 Å². The van der Waals surface area contributed by atoms with Crippen molar-refractivity contribution in [2.45, 2.75) is 58.9 Å². The third-order valence-electron chi connectivity index (χ3n) is 4.14. The molecular weight excluding hydrogens is 403 g/mol. The van der Waals surface area contributed by atoms with Gasteiger partial charge in [0.2, 0.25) is 0 Å². The largest absolute Gasteiger partial charge is 0.382 e. The van der Waals surface area contributed by atoms with Crippen LogP contribution in [0.25, 0.3) is 0 Å². The van der Waals surface area contributed by atoms with Gasteiger partial charge in [-0.05, 0) is 60.0 Å². The SMILES string of the molecule is CCNC(=NCC(C)(C)N1CCCCC1)NCCCOCC.I. The highest BCUT2D eigenvalue weighted by Crippen LogP contribution is 2.20. The van der Waals surface area contributed by atoms with E-state index < -0.39 is 0 Å². The summed E-state index contributed by atoms with van der Waals surface area (Å²) < 4.78 is 5.36. The molecule has 0 amide bonds. The Kier molecular flexibility index (Phi) is 13.2. The average Bonchev–Trinajstić information content (AvgIpc) is 2.53. The molecule has 0 aromatic carbocycles. The molecule has 1 fully saturated rings. The lowest BCUT2D eigenvalue weighted by molar-refractivity contribution is 0.102. The van der Waals surface area contributed by atoms with E-state index in [0.717, 1.165) is 45.2 Å². The van der Waals surface area contributed by atoms with E-state index in [9.17, 15) is 0 Å². The predicted octanol–water partition coefficient (Wildman–Crippen LogP) is 2.85. The van der Waals surface area contributed by atoms with Crippen molar-refractivity contribution in [3.05, 3.63) is 0 Å². The van der Waals surface area contributed by atoms with E-state index in [1.54, 1.807) is 0 Å². The Bertz CT molecular complexity index is 318. The lowest BCUT2D eigenvalue weighted by Crippen LogP contribution is -2.49. The van der Waals surface area contributed by atoms with Crippen molar-refractivity contribution < 1.29 is 4.74 Å². The zero-order valence-electron chi connectivity index (χ0n) is 15.5. The van der Waals surface area contributed by atoms with Crippen molar-refractivity contribution in [3.63, 3.8) is 0 Å². The van der Waals surface area contributed by atoms with Crippen molar-refractivity contribution in [3.8, 4) is 0 Å². The Labute approximate surface area is 160 Å². The van der Waals surface area contributed by atoms with Crippen LogP contribution in [0.5, 0.6) is 0 Å². The van der Waals surface area contributed by atoms with Gasteiger partial charge in [-0.2, -0.15) is 0 Å². The Morgan fingerprint density at radius 3 is 2.43 bits per heavy atom. The highest BCUT2D eigenvalue weighted by Gasteiger charge is 2.27. The maximum Gasteiger partial charge on any atom is 0.191 e. The number of nitrogens with one attached hydrogen (secondary N) is 2. The van der Waals surface area contributed by atoms with E-state index in [0.29, 0.717) is 0 Å². The summed E-state index contributed by atoms with van der Waals surface area (Å²) >= 11 is 0. The fraction of sp³-hybridized carbons (Fsp3) is 0.941. The van der Waals surface area contributed by atoms with Gasteiger partial charge in [-0.3, -0.25) is 9.89 Å². The highest BCUT2D eigenvalue weighted by molar-refractivity contribution is 14.0. The summed E-state index contributed by atoms with van der Waals surface area (Å²) in [5.74, 6) is 0.920. The van der Waals surface area contributed by atoms with Crippen LogP contribution in [0.2, 0.25) is 0 Å². The highest BCUT2D eigenvalue weighted by atomic mass is 127. The van der Waals surface area contributed by atoms with Crippen LogP contribution >= 0.6 is 24.0 Å². The molecule has 0 atom stereocenters. The molecule has 2 N–H and O–H groups in total.